The molecule has 0 spiro atoms. The minimum Gasteiger partial charge on any atom is -0.444 e. The van der Waals surface area contributed by atoms with E-state index in [1.165, 1.54) is 0 Å². The van der Waals surface area contributed by atoms with Crippen LogP contribution in [0.25, 0.3) is 0 Å². The molecule has 134 valence electrons. The van der Waals surface area contributed by atoms with Gasteiger partial charge < -0.3 is 25.0 Å². The Labute approximate surface area is 139 Å². The van der Waals surface area contributed by atoms with Crippen LogP contribution in [0, 0.1) is 5.92 Å². The van der Waals surface area contributed by atoms with Crippen molar-refractivity contribution >= 4 is 12.1 Å². The topological polar surface area (TPSA) is 80.4 Å². The van der Waals surface area contributed by atoms with Crippen molar-refractivity contribution in [2.75, 3.05) is 45.9 Å². The smallest absolute Gasteiger partial charge is 0.410 e. The SMILES string of the molecule is CC(C)COCCN=C(N)N1CCN(C(=O)OC(C)(C)C)CC1. The van der Waals surface area contributed by atoms with E-state index in [-0.39, 0.29) is 6.09 Å². The Morgan fingerprint density at radius 1 is 1.17 bits per heavy atom. The first-order valence-corrected chi connectivity index (χ1v) is 8.29. The van der Waals surface area contributed by atoms with Crippen molar-refractivity contribution in [3.05, 3.63) is 0 Å². The van der Waals surface area contributed by atoms with Crippen LogP contribution in [0.2, 0.25) is 0 Å². The zero-order valence-electron chi connectivity index (χ0n) is 15.2. The maximum Gasteiger partial charge on any atom is 0.410 e. The van der Waals surface area contributed by atoms with E-state index >= 15 is 0 Å². The number of amides is 1. The van der Waals surface area contributed by atoms with Gasteiger partial charge in [-0.15, -0.1) is 0 Å². The quantitative estimate of drug-likeness (QED) is 0.470. The van der Waals surface area contributed by atoms with Crippen LogP contribution in [0.1, 0.15) is 34.6 Å². The Morgan fingerprint density at radius 2 is 1.74 bits per heavy atom. The van der Waals surface area contributed by atoms with Gasteiger partial charge in [-0.2, -0.15) is 0 Å². The van der Waals surface area contributed by atoms with Crippen molar-refractivity contribution in [1.29, 1.82) is 0 Å². The normalized spacial score (nSPS) is 16.9. The summed E-state index contributed by atoms with van der Waals surface area (Å²) in [6.45, 7) is 14.2. The molecule has 0 aromatic carbocycles. The van der Waals surface area contributed by atoms with Gasteiger partial charge in [-0.1, -0.05) is 13.8 Å². The van der Waals surface area contributed by atoms with E-state index < -0.39 is 5.60 Å². The fourth-order valence-corrected chi connectivity index (χ4v) is 2.09. The van der Waals surface area contributed by atoms with E-state index in [1.54, 1.807) is 4.90 Å². The molecule has 7 nitrogen and oxygen atoms in total. The van der Waals surface area contributed by atoms with E-state index in [0.717, 1.165) is 6.61 Å². The highest BCUT2D eigenvalue weighted by atomic mass is 16.6. The van der Waals surface area contributed by atoms with Crippen molar-refractivity contribution in [1.82, 2.24) is 9.80 Å². The van der Waals surface area contributed by atoms with Crippen molar-refractivity contribution in [3.8, 4) is 0 Å². The van der Waals surface area contributed by atoms with Crippen molar-refractivity contribution in [3.63, 3.8) is 0 Å². The van der Waals surface area contributed by atoms with Crippen LogP contribution < -0.4 is 5.73 Å². The van der Waals surface area contributed by atoms with E-state index in [2.05, 4.69) is 18.8 Å². The van der Waals surface area contributed by atoms with Gasteiger partial charge in [0.25, 0.3) is 0 Å². The minimum atomic E-state index is -0.468. The largest absolute Gasteiger partial charge is 0.444 e. The average molecular weight is 328 g/mol. The lowest BCUT2D eigenvalue weighted by atomic mass is 10.2. The zero-order chi connectivity index (χ0) is 17.5. The number of aliphatic imine (C=N–C) groups is 1. The Kier molecular flexibility index (Phi) is 7.61. The molecule has 1 fully saturated rings. The summed E-state index contributed by atoms with van der Waals surface area (Å²) < 4.78 is 10.9. The van der Waals surface area contributed by atoms with Crippen molar-refractivity contribution in [2.24, 2.45) is 16.6 Å². The Hall–Kier alpha value is -1.50. The fraction of sp³-hybridized carbons (Fsp3) is 0.875. The summed E-state index contributed by atoms with van der Waals surface area (Å²) in [5.74, 6) is 1.04. The van der Waals surface area contributed by atoms with Gasteiger partial charge >= 0.3 is 6.09 Å². The summed E-state index contributed by atoms with van der Waals surface area (Å²) in [6.07, 6.45) is -0.269. The zero-order valence-corrected chi connectivity index (χ0v) is 15.2. The highest BCUT2D eigenvalue weighted by Crippen LogP contribution is 2.11. The molecule has 0 atom stereocenters. The molecule has 0 aromatic rings. The standard InChI is InChI=1S/C16H32N4O3/c1-13(2)12-22-11-6-18-14(17)19-7-9-20(10-8-19)15(21)23-16(3,4)5/h13H,6-12H2,1-5H3,(H2,17,18). The second-order valence-corrected chi connectivity index (χ2v) is 7.16. The number of carbonyl (C=O) groups excluding carboxylic acids is 1. The summed E-state index contributed by atoms with van der Waals surface area (Å²) in [5.41, 5.74) is 5.53. The lowest BCUT2D eigenvalue weighted by Crippen LogP contribution is -2.53. The number of guanidine groups is 1. The van der Waals surface area contributed by atoms with E-state index in [4.69, 9.17) is 15.2 Å². The van der Waals surface area contributed by atoms with Crippen LogP contribution in [0.5, 0.6) is 0 Å². The van der Waals surface area contributed by atoms with E-state index in [0.29, 0.717) is 51.2 Å². The third-order valence-corrected chi connectivity index (χ3v) is 3.22. The first-order valence-electron chi connectivity index (χ1n) is 8.29. The van der Waals surface area contributed by atoms with Crippen molar-refractivity contribution in [2.45, 2.75) is 40.2 Å². The molecule has 0 aromatic heterocycles. The highest BCUT2D eigenvalue weighted by Gasteiger charge is 2.26. The molecule has 1 heterocycles. The summed E-state index contributed by atoms with van der Waals surface area (Å²) in [6, 6.07) is 0. The summed E-state index contributed by atoms with van der Waals surface area (Å²) in [7, 11) is 0. The number of hydrogen-bond acceptors (Lipinski definition) is 4. The molecule has 1 amide bonds. The van der Waals surface area contributed by atoms with Crippen LogP contribution in [-0.2, 0) is 9.47 Å². The first kappa shape index (κ1) is 19.5. The van der Waals surface area contributed by atoms with Crippen molar-refractivity contribution < 1.29 is 14.3 Å². The first-order chi connectivity index (χ1) is 10.7. The van der Waals surface area contributed by atoms with Crippen LogP contribution in [-0.4, -0.2) is 73.4 Å². The predicted octanol–water partition coefficient (Wildman–Crippen LogP) is 1.53. The van der Waals surface area contributed by atoms with Crippen LogP contribution in [0.4, 0.5) is 4.79 Å². The number of rotatable bonds is 5. The molecule has 0 bridgehead atoms. The molecule has 23 heavy (non-hydrogen) atoms. The number of piperazine rings is 1. The summed E-state index contributed by atoms with van der Waals surface area (Å²) in [5, 5.41) is 0. The van der Waals surface area contributed by atoms with Gasteiger partial charge in [-0.3, -0.25) is 4.99 Å². The second kappa shape index (κ2) is 8.96. The number of hydrogen-bond donors (Lipinski definition) is 1. The minimum absolute atomic E-state index is 0.269. The molecule has 1 saturated heterocycles. The van der Waals surface area contributed by atoms with Gasteiger partial charge in [0.05, 0.1) is 13.2 Å². The van der Waals surface area contributed by atoms with Crippen LogP contribution in [0.3, 0.4) is 0 Å². The fourth-order valence-electron chi connectivity index (χ4n) is 2.09. The van der Waals surface area contributed by atoms with Gasteiger partial charge in [-0.05, 0) is 26.7 Å². The molecule has 0 aliphatic carbocycles. The molecule has 1 aliphatic heterocycles. The molecular weight excluding hydrogens is 296 g/mol. The molecule has 0 radical (unpaired) electrons. The lowest BCUT2D eigenvalue weighted by Gasteiger charge is -2.36. The Morgan fingerprint density at radius 3 is 2.26 bits per heavy atom. The van der Waals surface area contributed by atoms with Gasteiger partial charge in [0.1, 0.15) is 5.60 Å². The van der Waals surface area contributed by atoms with Crippen LogP contribution >= 0.6 is 0 Å². The highest BCUT2D eigenvalue weighted by molar-refractivity contribution is 5.78. The molecule has 1 rings (SSSR count). The maximum absolute atomic E-state index is 12.0. The second-order valence-electron chi connectivity index (χ2n) is 7.16. The van der Waals surface area contributed by atoms with Gasteiger partial charge in [0.15, 0.2) is 5.96 Å². The van der Waals surface area contributed by atoms with E-state index in [1.807, 2.05) is 25.7 Å². The molecule has 2 N–H and O–H groups in total. The maximum atomic E-state index is 12.0. The van der Waals surface area contributed by atoms with Gasteiger partial charge in [-0.25, -0.2) is 4.79 Å². The van der Waals surface area contributed by atoms with Crippen LogP contribution in [0.15, 0.2) is 4.99 Å². The lowest BCUT2D eigenvalue weighted by molar-refractivity contribution is 0.0186. The summed E-state index contributed by atoms with van der Waals surface area (Å²) >= 11 is 0. The molecular formula is C16H32N4O3. The Bertz CT molecular complexity index is 397. The number of nitrogens with zero attached hydrogens (tertiary/aromatic N) is 3. The number of ether oxygens (including phenoxy) is 2. The average Bonchev–Trinajstić information content (AvgIpc) is 2.44. The van der Waals surface area contributed by atoms with Gasteiger partial charge in [0, 0.05) is 32.8 Å². The number of nitrogens with two attached hydrogens (primary N) is 1. The monoisotopic (exact) mass is 328 g/mol. The molecule has 0 unspecified atom stereocenters. The third-order valence-electron chi connectivity index (χ3n) is 3.22. The molecule has 0 saturated carbocycles. The molecule has 1 aliphatic rings. The Balaban J connectivity index is 2.30. The van der Waals surface area contributed by atoms with E-state index in [9.17, 15) is 4.79 Å². The molecule has 7 heteroatoms. The summed E-state index contributed by atoms with van der Waals surface area (Å²) in [4.78, 5) is 20.0. The van der Waals surface area contributed by atoms with Gasteiger partial charge in [0.2, 0.25) is 0 Å². The number of carbonyl (C=O) groups is 1. The third kappa shape index (κ3) is 8.06. The predicted molar refractivity (Wildman–Crippen MR) is 91.5 cm³/mol.